The van der Waals surface area contributed by atoms with E-state index in [1.165, 1.54) is 6.08 Å². The molecule has 0 aliphatic carbocycles. The minimum Gasteiger partial charge on any atom is -0.458 e. The number of hydrogen-bond donors (Lipinski definition) is 1. The van der Waals surface area contributed by atoms with Crippen LogP contribution in [0.25, 0.3) is 0 Å². The van der Waals surface area contributed by atoms with E-state index in [-0.39, 0.29) is 23.8 Å². The van der Waals surface area contributed by atoms with E-state index in [0.717, 1.165) is 17.0 Å². The molecule has 0 bridgehead atoms. The summed E-state index contributed by atoms with van der Waals surface area (Å²) in [6.07, 6.45) is -0.284. The van der Waals surface area contributed by atoms with Gasteiger partial charge >= 0.3 is 5.97 Å². The molecule has 9 nitrogen and oxygen atoms in total. The van der Waals surface area contributed by atoms with Crippen LogP contribution in [0.2, 0.25) is 18.1 Å². The maximum Gasteiger partial charge on any atom is 0.356 e. The van der Waals surface area contributed by atoms with Gasteiger partial charge in [0.15, 0.2) is 14.1 Å². The molecule has 0 spiro atoms. The summed E-state index contributed by atoms with van der Waals surface area (Å²) in [6, 6.07) is 1.04. The van der Waals surface area contributed by atoms with Gasteiger partial charge in [0.2, 0.25) is 12.1 Å². The monoisotopic (exact) mass is 507 g/mol. The van der Waals surface area contributed by atoms with Crippen LogP contribution in [0.5, 0.6) is 0 Å². The highest BCUT2D eigenvalue weighted by Crippen LogP contribution is 2.41. The number of Topliss-reactive ketones (excluding diaryl/α,β-unsaturated/α-hetero) is 1. The van der Waals surface area contributed by atoms with Crippen molar-refractivity contribution in [2.24, 2.45) is 5.92 Å². The minimum absolute atomic E-state index is 0.0728. The van der Waals surface area contributed by atoms with Gasteiger partial charge in [0.1, 0.15) is 12.3 Å². The molecule has 2 rings (SSSR count). The number of aromatic nitrogens is 2. The van der Waals surface area contributed by atoms with Gasteiger partial charge in [0, 0.05) is 18.7 Å². The van der Waals surface area contributed by atoms with Crippen molar-refractivity contribution in [1.82, 2.24) is 14.7 Å². The summed E-state index contributed by atoms with van der Waals surface area (Å²) in [4.78, 5) is 39.7. The molecule has 196 valence electrons. The molecular formula is C25H41N3O6Si. The Bertz CT molecular complexity index is 930. The number of hydrogen-bond acceptors (Lipinski definition) is 7. The lowest BCUT2D eigenvalue weighted by atomic mass is 9.80. The number of aliphatic hydroxyl groups excluding tert-OH is 1. The predicted octanol–water partition coefficient (Wildman–Crippen LogP) is 3.32. The van der Waals surface area contributed by atoms with E-state index in [1.807, 2.05) is 20.8 Å². The molecular weight excluding hydrogens is 466 g/mol. The van der Waals surface area contributed by atoms with Gasteiger partial charge < -0.3 is 19.2 Å². The Labute approximate surface area is 209 Å². The number of likely N-dealkylation sites (tertiary alicyclic amines) is 1. The van der Waals surface area contributed by atoms with Crippen molar-refractivity contribution in [3.8, 4) is 0 Å². The van der Waals surface area contributed by atoms with E-state index >= 15 is 0 Å². The van der Waals surface area contributed by atoms with Gasteiger partial charge in [0.25, 0.3) is 0 Å². The van der Waals surface area contributed by atoms with Gasteiger partial charge in [-0.3, -0.25) is 14.3 Å². The topological polar surface area (TPSA) is 111 Å². The average Bonchev–Trinajstić information content (AvgIpc) is 3.19. The summed E-state index contributed by atoms with van der Waals surface area (Å²) in [7, 11) is -2.22. The smallest absolute Gasteiger partial charge is 0.356 e. The van der Waals surface area contributed by atoms with Crippen molar-refractivity contribution in [2.75, 3.05) is 6.61 Å². The second-order valence-electron chi connectivity index (χ2n) is 10.5. The first kappa shape index (κ1) is 28.9. The van der Waals surface area contributed by atoms with E-state index < -0.39 is 44.5 Å². The lowest BCUT2D eigenvalue weighted by Gasteiger charge is -2.52. The Hall–Kier alpha value is -2.30. The molecule has 1 saturated heterocycles. The Balaban J connectivity index is 2.33. The van der Waals surface area contributed by atoms with Crippen molar-refractivity contribution >= 4 is 26.0 Å². The molecule has 4 atom stereocenters. The summed E-state index contributed by atoms with van der Waals surface area (Å²) in [5, 5.41) is 14.9. The SMILES string of the molecule is C=CCOC(=O)C(O)N1C(=O)[C@H]([C@@H](C)O[Si](C)(C)C(C)(C)C)[C@H]1CC(=O)c1cc(CC)n(CC)n1. The minimum atomic E-state index is -2.22. The van der Waals surface area contributed by atoms with Crippen molar-refractivity contribution in [3.63, 3.8) is 0 Å². The summed E-state index contributed by atoms with van der Waals surface area (Å²) in [5.74, 6) is -2.33. The normalized spacial score (nSPS) is 20.3. The van der Waals surface area contributed by atoms with Crippen molar-refractivity contribution in [1.29, 1.82) is 0 Å². The fraction of sp³-hybridized carbons (Fsp3) is 0.680. The van der Waals surface area contributed by atoms with Crippen LogP contribution < -0.4 is 0 Å². The lowest BCUT2D eigenvalue weighted by molar-refractivity contribution is -0.195. The fourth-order valence-electron chi connectivity index (χ4n) is 4.12. The third-order valence-corrected chi connectivity index (χ3v) is 11.7. The largest absolute Gasteiger partial charge is 0.458 e. The first-order valence-corrected chi connectivity index (χ1v) is 15.2. The van der Waals surface area contributed by atoms with Crippen LogP contribution in [0, 0.1) is 5.92 Å². The fourth-order valence-corrected chi connectivity index (χ4v) is 5.55. The van der Waals surface area contributed by atoms with Crippen LogP contribution in [-0.4, -0.2) is 70.7 Å². The van der Waals surface area contributed by atoms with Gasteiger partial charge in [-0.25, -0.2) is 4.79 Å². The van der Waals surface area contributed by atoms with Crippen LogP contribution in [0.1, 0.15) is 64.1 Å². The highest BCUT2D eigenvalue weighted by atomic mass is 28.4. The van der Waals surface area contributed by atoms with Crippen molar-refractivity contribution in [3.05, 3.63) is 30.1 Å². The summed E-state index contributed by atoms with van der Waals surface area (Å²) < 4.78 is 13.2. The molecule has 1 aliphatic heterocycles. The molecule has 1 aromatic heterocycles. The van der Waals surface area contributed by atoms with E-state index in [9.17, 15) is 19.5 Å². The molecule has 1 fully saturated rings. The number of amides is 1. The Morgan fingerprint density at radius 2 is 1.94 bits per heavy atom. The molecule has 1 amide bonds. The first-order valence-electron chi connectivity index (χ1n) is 12.3. The van der Waals surface area contributed by atoms with E-state index in [2.05, 4.69) is 45.5 Å². The summed E-state index contributed by atoms with van der Waals surface area (Å²) >= 11 is 0. The zero-order chi connectivity index (χ0) is 26.7. The molecule has 0 saturated carbocycles. The molecule has 1 aromatic rings. The average molecular weight is 508 g/mol. The molecule has 10 heteroatoms. The molecule has 0 radical (unpaired) electrons. The summed E-state index contributed by atoms with van der Waals surface area (Å²) in [5.41, 5.74) is 1.25. The summed E-state index contributed by atoms with van der Waals surface area (Å²) in [6.45, 7) is 20.3. The van der Waals surface area contributed by atoms with Crippen LogP contribution in [-0.2, 0) is 31.7 Å². The number of rotatable bonds is 12. The number of aliphatic hydroxyl groups is 1. The predicted molar refractivity (Wildman–Crippen MR) is 135 cm³/mol. The van der Waals surface area contributed by atoms with Gasteiger partial charge in [0.05, 0.1) is 18.1 Å². The van der Waals surface area contributed by atoms with Crippen LogP contribution in [0.4, 0.5) is 0 Å². The highest BCUT2D eigenvalue weighted by Gasteiger charge is 2.56. The molecule has 1 aliphatic rings. The number of ketones is 1. The van der Waals surface area contributed by atoms with Gasteiger partial charge in [-0.1, -0.05) is 40.3 Å². The van der Waals surface area contributed by atoms with E-state index in [0.29, 0.717) is 12.2 Å². The zero-order valence-electron chi connectivity index (χ0n) is 22.3. The number of nitrogens with zero attached hydrogens (tertiary/aromatic N) is 3. The number of ether oxygens (including phenoxy) is 1. The Kier molecular flexibility index (Phi) is 9.24. The quantitative estimate of drug-likeness (QED) is 0.152. The third kappa shape index (κ3) is 6.10. The second-order valence-corrected chi connectivity index (χ2v) is 15.3. The number of β-lactam (4-membered cyclic amide) rings is 1. The second kappa shape index (κ2) is 11.2. The van der Waals surface area contributed by atoms with E-state index in [1.54, 1.807) is 10.7 Å². The highest BCUT2D eigenvalue weighted by molar-refractivity contribution is 6.74. The standard InChI is InChI=1S/C25H41N3O6Si/c1-10-13-33-24(32)23(31)28-19(15-20(29)18-14-17(11-2)27(12-3)26-18)21(22(28)30)16(4)34-35(8,9)25(5,6)7/h10,14,16,19,21,23,31H,1,11-13,15H2,2-9H3/t16-,19-,21-,23?/m1/s1. The van der Waals surface area contributed by atoms with Crippen molar-refractivity contribution < 1.29 is 28.7 Å². The molecule has 2 heterocycles. The molecule has 35 heavy (non-hydrogen) atoms. The van der Waals surface area contributed by atoms with E-state index in [4.69, 9.17) is 9.16 Å². The van der Waals surface area contributed by atoms with Crippen LogP contribution >= 0.6 is 0 Å². The molecule has 1 N–H and O–H groups in total. The first-order chi connectivity index (χ1) is 16.2. The number of esters is 1. The van der Waals surface area contributed by atoms with Gasteiger partial charge in [-0.2, -0.15) is 5.10 Å². The number of carbonyl (C=O) groups is 3. The Morgan fingerprint density at radius 3 is 2.43 bits per heavy atom. The Morgan fingerprint density at radius 1 is 1.31 bits per heavy atom. The zero-order valence-corrected chi connectivity index (χ0v) is 23.3. The number of carbonyl (C=O) groups excluding carboxylic acids is 3. The van der Waals surface area contributed by atoms with Gasteiger partial charge in [-0.05, 0) is 44.5 Å². The molecule has 1 unspecified atom stereocenters. The maximum atomic E-state index is 13.2. The van der Waals surface area contributed by atoms with Gasteiger partial charge in [-0.15, -0.1) is 0 Å². The van der Waals surface area contributed by atoms with Crippen molar-refractivity contribution in [2.45, 2.75) is 97.4 Å². The third-order valence-electron chi connectivity index (χ3n) is 7.13. The maximum absolute atomic E-state index is 13.2. The molecule has 0 aromatic carbocycles. The lowest BCUT2D eigenvalue weighted by Crippen LogP contribution is -2.70. The number of aryl methyl sites for hydroxylation is 2. The van der Waals surface area contributed by atoms with Crippen LogP contribution in [0.15, 0.2) is 18.7 Å². The van der Waals surface area contributed by atoms with Crippen LogP contribution in [0.3, 0.4) is 0 Å².